The molecule has 2 rings (SSSR count). The summed E-state index contributed by atoms with van der Waals surface area (Å²) >= 11 is 0. The van der Waals surface area contributed by atoms with Gasteiger partial charge < -0.3 is 10.6 Å². The van der Waals surface area contributed by atoms with Gasteiger partial charge in [0, 0.05) is 24.5 Å². The van der Waals surface area contributed by atoms with Crippen molar-refractivity contribution in [1.29, 1.82) is 0 Å². The van der Waals surface area contributed by atoms with Crippen molar-refractivity contribution < 1.29 is 0 Å². The molecule has 2 heteroatoms. The number of likely N-dealkylation sites (N-methyl/N-ethyl adjacent to an activating group) is 1. The second-order valence-corrected chi connectivity index (χ2v) is 4.91. The minimum absolute atomic E-state index is 0.844. The van der Waals surface area contributed by atoms with Gasteiger partial charge in [0.1, 0.15) is 0 Å². The van der Waals surface area contributed by atoms with E-state index in [1.54, 1.807) is 0 Å². The standard InChI is InChI=1S/C17H22N2/c1-3-19(17-9-4-6-14(2)12-17)11-10-15-7-5-8-16(18)13-15/h4-9,12-13H,3,10-11,18H2,1-2H3. The van der Waals surface area contributed by atoms with E-state index < -0.39 is 0 Å². The van der Waals surface area contributed by atoms with Crippen molar-refractivity contribution in [3.63, 3.8) is 0 Å². The van der Waals surface area contributed by atoms with Gasteiger partial charge in [-0.1, -0.05) is 24.3 Å². The molecular formula is C17H22N2. The Labute approximate surface area is 115 Å². The van der Waals surface area contributed by atoms with E-state index in [-0.39, 0.29) is 0 Å². The van der Waals surface area contributed by atoms with E-state index in [9.17, 15) is 0 Å². The van der Waals surface area contributed by atoms with Crippen LogP contribution in [0.5, 0.6) is 0 Å². The summed E-state index contributed by atoms with van der Waals surface area (Å²) < 4.78 is 0. The average Bonchev–Trinajstić information content (AvgIpc) is 2.40. The van der Waals surface area contributed by atoms with Crippen molar-refractivity contribution >= 4 is 11.4 Å². The quantitative estimate of drug-likeness (QED) is 0.825. The first-order chi connectivity index (χ1) is 9.19. The number of nitrogen functional groups attached to an aromatic ring is 1. The summed E-state index contributed by atoms with van der Waals surface area (Å²) in [5.74, 6) is 0. The number of nitrogens with two attached hydrogens (primary N) is 1. The fraction of sp³-hybridized carbons (Fsp3) is 0.294. The van der Waals surface area contributed by atoms with Gasteiger partial charge in [-0.15, -0.1) is 0 Å². The van der Waals surface area contributed by atoms with E-state index in [1.807, 2.05) is 12.1 Å². The average molecular weight is 254 g/mol. The number of aryl methyl sites for hydroxylation is 1. The van der Waals surface area contributed by atoms with E-state index in [2.05, 4.69) is 55.1 Å². The molecule has 0 spiro atoms. The minimum atomic E-state index is 0.844. The third-order valence-electron chi connectivity index (χ3n) is 3.37. The highest BCUT2D eigenvalue weighted by Gasteiger charge is 2.04. The number of nitrogens with zero attached hydrogens (tertiary/aromatic N) is 1. The molecule has 0 unspecified atom stereocenters. The van der Waals surface area contributed by atoms with Crippen LogP contribution in [0.15, 0.2) is 48.5 Å². The lowest BCUT2D eigenvalue weighted by atomic mass is 10.1. The number of hydrogen-bond acceptors (Lipinski definition) is 2. The normalized spacial score (nSPS) is 10.4. The molecule has 0 amide bonds. The van der Waals surface area contributed by atoms with Crippen LogP contribution in [0.4, 0.5) is 11.4 Å². The van der Waals surface area contributed by atoms with Gasteiger partial charge in [0.05, 0.1) is 0 Å². The SMILES string of the molecule is CCN(CCc1cccc(N)c1)c1cccc(C)c1. The number of benzene rings is 2. The monoisotopic (exact) mass is 254 g/mol. The van der Waals surface area contributed by atoms with E-state index in [0.717, 1.165) is 25.2 Å². The van der Waals surface area contributed by atoms with Crippen LogP contribution in [0.1, 0.15) is 18.1 Å². The van der Waals surface area contributed by atoms with Crippen molar-refractivity contribution in [2.45, 2.75) is 20.3 Å². The molecule has 0 bridgehead atoms. The summed E-state index contributed by atoms with van der Waals surface area (Å²) in [5.41, 5.74) is 10.6. The van der Waals surface area contributed by atoms with Gasteiger partial charge in [-0.05, 0) is 55.7 Å². The van der Waals surface area contributed by atoms with E-state index in [1.165, 1.54) is 16.8 Å². The third kappa shape index (κ3) is 3.75. The van der Waals surface area contributed by atoms with E-state index >= 15 is 0 Å². The van der Waals surface area contributed by atoms with Crippen molar-refractivity contribution in [3.05, 3.63) is 59.7 Å². The topological polar surface area (TPSA) is 29.3 Å². The summed E-state index contributed by atoms with van der Waals surface area (Å²) in [6.07, 6.45) is 1.02. The molecule has 2 aromatic rings. The summed E-state index contributed by atoms with van der Waals surface area (Å²) in [5, 5.41) is 0. The molecular weight excluding hydrogens is 232 g/mol. The molecule has 0 aromatic heterocycles. The largest absolute Gasteiger partial charge is 0.399 e. The maximum atomic E-state index is 5.81. The van der Waals surface area contributed by atoms with Crippen molar-refractivity contribution in [3.8, 4) is 0 Å². The zero-order valence-corrected chi connectivity index (χ0v) is 11.8. The molecule has 0 heterocycles. The number of hydrogen-bond donors (Lipinski definition) is 1. The van der Waals surface area contributed by atoms with Crippen LogP contribution in [-0.2, 0) is 6.42 Å². The lowest BCUT2D eigenvalue weighted by Crippen LogP contribution is -2.25. The first-order valence-electron chi connectivity index (χ1n) is 6.85. The molecule has 0 atom stereocenters. The predicted octanol–water partition coefficient (Wildman–Crippen LogP) is 3.65. The molecule has 0 radical (unpaired) electrons. The minimum Gasteiger partial charge on any atom is -0.399 e. The maximum absolute atomic E-state index is 5.81. The summed E-state index contributed by atoms with van der Waals surface area (Å²) in [6.45, 7) is 6.37. The Hall–Kier alpha value is -1.96. The Morgan fingerprint density at radius 2 is 1.84 bits per heavy atom. The maximum Gasteiger partial charge on any atom is 0.0368 e. The summed E-state index contributed by atoms with van der Waals surface area (Å²) in [7, 11) is 0. The molecule has 0 aliphatic heterocycles. The highest BCUT2D eigenvalue weighted by atomic mass is 15.1. The Bertz CT molecular complexity index is 534. The zero-order valence-electron chi connectivity index (χ0n) is 11.8. The fourth-order valence-electron chi connectivity index (χ4n) is 2.31. The first-order valence-corrected chi connectivity index (χ1v) is 6.85. The highest BCUT2D eigenvalue weighted by molar-refractivity contribution is 5.48. The Kier molecular flexibility index (Phi) is 4.45. The molecule has 0 aliphatic carbocycles. The molecule has 0 aliphatic rings. The first kappa shape index (κ1) is 13.5. The second kappa shape index (κ2) is 6.28. The lowest BCUT2D eigenvalue weighted by Gasteiger charge is -2.23. The zero-order chi connectivity index (χ0) is 13.7. The molecule has 2 nitrogen and oxygen atoms in total. The molecule has 19 heavy (non-hydrogen) atoms. The lowest BCUT2D eigenvalue weighted by molar-refractivity contribution is 0.808. The summed E-state index contributed by atoms with van der Waals surface area (Å²) in [4.78, 5) is 2.40. The van der Waals surface area contributed by atoms with Gasteiger partial charge in [-0.25, -0.2) is 0 Å². The molecule has 100 valence electrons. The van der Waals surface area contributed by atoms with E-state index in [4.69, 9.17) is 5.73 Å². The number of rotatable bonds is 5. The van der Waals surface area contributed by atoms with Gasteiger partial charge in [0.15, 0.2) is 0 Å². The smallest absolute Gasteiger partial charge is 0.0368 e. The Morgan fingerprint density at radius 1 is 1.05 bits per heavy atom. The third-order valence-corrected chi connectivity index (χ3v) is 3.37. The van der Waals surface area contributed by atoms with Crippen molar-refractivity contribution in [1.82, 2.24) is 0 Å². The number of anilines is 2. The van der Waals surface area contributed by atoms with Crippen LogP contribution >= 0.6 is 0 Å². The van der Waals surface area contributed by atoms with Crippen molar-refractivity contribution in [2.24, 2.45) is 0 Å². The van der Waals surface area contributed by atoms with Gasteiger partial charge in [0.25, 0.3) is 0 Å². The molecule has 2 aromatic carbocycles. The molecule has 0 fully saturated rings. The van der Waals surface area contributed by atoms with E-state index in [0.29, 0.717) is 0 Å². The fourth-order valence-corrected chi connectivity index (χ4v) is 2.31. The van der Waals surface area contributed by atoms with Gasteiger partial charge in [-0.2, -0.15) is 0 Å². The van der Waals surface area contributed by atoms with Crippen LogP contribution in [0.2, 0.25) is 0 Å². The van der Waals surface area contributed by atoms with Crippen LogP contribution in [0.25, 0.3) is 0 Å². The van der Waals surface area contributed by atoms with Gasteiger partial charge in [0.2, 0.25) is 0 Å². The molecule has 0 saturated heterocycles. The van der Waals surface area contributed by atoms with Gasteiger partial charge in [-0.3, -0.25) is 0 Å². The van der Waals surface area contributed by atoms with Crippen LogP contribution < -0.4 is 10.6 Å². The second-order valence-electron chi connectivity index (χ2n) is 4.91. The Morgan fingerprint density at radius 3 is 2.53 bits per heavy atom. The Balaban J connectivity index is 2.04. The van der Waals surface area contributed by atoms with Crippen LogP contribution in [-0.4, -0.2) is 13.1 Å². The predicted molar refractivity (Wildman–Crippen MR) is 83.6 cm³/mol. The summed E-state index contributed by atoms with van der Waals surface area (Å²) in [6, 6.07) is 16.8. The van der Waals surface area contributed by atoms with Crippen LogP contribution in [0, 0.1) is 6.92 Å². The highest BCUT2D eigenvalue weighted by Crippen LogP contribution is 2.16. The molecule has 2 N–H and O–H groups in total. The van der Waals surface area contributed by atoms with Gasteiger partial charge >= 0.3 is 0 Å². The van der Waals surface area contributed by atoms with Crippen LogP contribution in [0.3, 0.4) is 0 Å². The molecule has 0 saturated carbocycles. The van der Waals surface area contributed by atoms with Crippen molar-refractivity contribution in [2.75, 3.05) is 23.7 Å².